The molecular weight excluding hydrogens is 238 g/mol. The lowest BCUT2D eigenvalue weighted by Crippen LogP contribution is -2.49. The van der Waals surface area contributed by atoms with Crippen molar-refractivity contribution in [3.63, 3.8) is 0 Å². The van der Waals surface area contributed by atoms with Crippen LogP contribution in [-0.2, 0) is 9.59 Å². The predicted molar refractivity (Wildman–Crippen MR) is 66.2 cm³/mol. The molecule has 0 atom stereocenters. The van der Waals surface area contributed by atoms with E-state index in [-0.39, 0.29) is 25.3 Å². The highest BCUT2D eigenvalue weighted by atomic mass is 16.4. The minimum atomic E-state index is -0.984. The molecule has 104 valence electrons. The fourth-order valence-corrected chi connectivity index (χ4v) is 1.35. The molecule has 0 spiro atoms. The molecule has 0 bridgehead atoms. The van der Waals surface area contributed by atoms with Gasteiger partial charge in [-0.2, -0.15) is 0 Å². The molecule has 0 rings (SSSR count). The lowest BCUT2D eigenvalue weighted by atomic mass is 10.0. The monoisotopic (exact) mass is 259 g/mol. The van der Waals surface area contributed by atoms with Crippen LogP contribution in [0.15, 0.2) is 0 Å². The van der Waals surface area contributed by atoms with Crippen molar-refractivity contribution in [3.8, 4) is 0 Å². The van der Waals surface area contributed by atoms with Gasteiger partial charge in [-0.05, 0) is 20.8 Å². The van der Waals surface area contributed by atoms with Crippen LogP contribution in [0.25, 0.3) is 0 Å². The van der Waals surface area contributed by atoms with Crippen molar-refractivity contribution in [2.45, 2.75) is 39.2 Å². The van der Waals surface area contributed by atoms with Crippen molar-refractivity contribution >= 4 is 17.9 Å². The fraction of sp³-hybridized carbons (Fsp3) is 0.727. The van der Waals surface area contributed by atoms with Gasteiger partial charge in [-0.1, -0.05) is 0 Å². The van der Waals surface area contributed by atoms with Crippen molar-refractivity contribution < 1.29 is 19.5 Å². The van der Waals surface area contributed by atoms with Gasteiger partial charge in [0.05, 0.1) is 6.42 Å². The lowest BCUT2D eigenvalue weighted by molar-refractivity contribution is -0.138. The Kier molecular flexibility index (Phi) is 6.77. The first-order valence-electron chi connectivity index (χ1n) is 5.81. The van der Waals surface area contributed by atoms with Crippen LogP contribution in [0, 0.1) is 0 Å². The number of carbonyl (C=O) groups is 3. The van der Waals surface area contributed by atoms with E-state index in [0.29, 0.717) is 6.54 Å². The molecule has 0 saturated carbocycles. The molecule has 0 radical (unpaired) electrons. The summed E-state index contributed by atoms with van der Waals surface area (Å²) in [6, 6.07) is -0.481. The Morgan fingerprint density at radius 2 is 1.78 bits per heavy atom. The van der Waals surface area contributed by atoms with E-state index in [1.807, 2.05) is 6.92 Å². The molecule has 0 heterocycles. The van der Waals surface area contributed by atoms with Gasteiger partial charge in [-0.3, -0.25) is 9.59 Å². The smallest absolute Gasteiger partial charge is 0.315 e. The van der Waals surface area contributed by atoms with Crippen LogP contribution in [0.2, 0.25) is 0 Å². The van der Waals surface area contributed by atoms with Crippen molar-refractivity contribution in [1.29, 1.82) is 0 Å². The second kappa shape index (κ2) is 7.52. The first-order chi connectivity index (χ1) is 8.26. The summed E-state index contributed by atoms with van der Waals surface area (Å²) in [5, 5.41) is 16.3. The number of hydrogen-bond acceptors (Lipinski definition) is 3. The molecule has 3 amide bonds. The number of hydrogen-bond donors (Lipinski definition) is 4. The summed E-state index contributed by atoms with van der Waals surface area (Å²) in [7, 11) is 0. The van der Waals surface area contributed by atoms with Crippen molar-refractivity contribution in [2.75, 3.05) is 13.1 Å². The van der Waals surface area contributed by atoms with Gasteiger partial charge in [0, 0.05) is 25.0 Å². The third-order valence-electron chi connectivity index (χ3n) is 2.06. The van der Waals surface area contributed by atoms with Gasteiger partial charge in [0.1, 0.15) is 0 Å². The number of carboxylic acids is 1. The molecule has 18 heavy (non-hydrogen) atoms. The summed E-state index contributed by atoms with van der Waals surface area (Å²) in [5.74, 6) is -1.12. The van der Waals surface area contributed by atoms with E-state index in [4.69, 9.17) is 5.11 Å². The summed E-state index contributed by atoms with van der Waals surface area (Å²) in [4.78, 5) is 33.1. The Morgan fingerprint density at radius 1 is 1.17 bits per heavy atom. The first-order valence-corrected chi connectivity index (χ1v) is 5.81. The van der Waals surface area contributed by atoms with Crippen LogP contribution in [0.1, 0.15) is 33.6 Å². The highest BCUT2D eigenvalue weighted by molar-refractivity contribution is 5.79. The number of nitrogens with one attached hydrogen (secondary N) is 3. The number of rotatable bonds is 7. The third kappa shape index (κ3) is 8.37. The zero-order chi connectivity index (χ0) is 14.2. The Morgan fingerprint density at radius 3 is 2.28 bits per heavy atom. The van der Waals surface area contributed by atoms with E-state index < -0.39 is 17.5 Å². The second-order valence-corrected chi connectivity index (χ2v) is 4.54. The molecule has 4 N–H and O–H groups in total. The first kappa shape index (κ1) is 16.2. The summed E-state index contributed by atoms with van der Waals surface area (Å²) in [6.45, 7) is 5.80. The lowest BCUT2D eigenvalue weighted by Gasteiger charge is -2.24. The number of urea groups is 1. The molecular formula is C11H21N3O4. The van der Waals surface area contributed by atoms with Gasteiger partial charge in [-0.15, -0.1) is 0 Å². The summed E-state index contributed by atoms with van der Waals surface area (Å²) >= 11 is 0. The van der Waals surface area contributed by atoms with Crippen LogP contribution < -0.4 is 16.0 Å². The maximum Gasteiger partial charge on any atom is 0.315 e. The topological polar surface area (TPSA) is 108 Å². The van der Waals surface area contributed by atoms with Crippen LogP contribution in [0.3, 0.4) is 0 Å². The molecule has 0 aliphatic rings. The number of carbonyl (C=O) groups excluding carboxylic acids is 2. The van der Waals surface area contributed by atoms with Crippen LogP contribution in [0.5, 0.6) is 0 Å². The zero-order valence-corrected chi connectivity index (χ0v) is 11.0. The Labute approximate surface area is 106 Å². The highest BCUT2D eigenvalue weighted by Crippen LogP contribution is 2.07. The molecule has 0 saturated heterocycles. The summed E-state index contributed by atoms with van der Waals surface area (Å²) < 4.78 is 0. The maximum atomic E-state index is 11.4. The van der Waals surface area contributed by atoms with E-state index in [0.717, 1.165) is 0 Å². The van der Waals surface area contributed by atoms with Crippen molar-refractivity contribution in [3.05, 3.63) is 0 Å². The summed E-state index contributed by atoms with van der Waals surface area (Å²) in [6.07, 6.45) is 0.0252. The fourth-order valence-electron chi connectivity index (χ4n) is 1.35. The molecule has 7 heteroatoms. The Hall–Kier alpha value is -1.79. The highest BCUT2D eigenvalue weighted by Gasteiger charge is 2.23. The standard InChI is InChI=1S/C11H21N3O4/c1-4-12-8(15)5-6-13-10(18)14-11(2,3)7-9(16)17/h4-7H2,1-3H3,(H,12,15)(H,16,17)(H2,13,14,18). The third-order valence-corrected chi connectivity index (χ3v) is 2.06. The molecule has 0 fully saturated rings. The van der Waals surface area contributed by atoms with E-state index in [9.17, 15) is 14.4 Å². The number of aliphatic carboxylic acids is 1. The van der Waals surface area contributed by atoms with Gasteiger partial charge in [0.2, 0.25) is 5.91 Å². The minimum Gasteiger partial charge on any atom is -0.481 e. The van der Waals surface area contributed by atoms with Gasteiger partial charge in [0.25, 0.3) is 0 Å². The Bertz CT molecular complexity index is 315. The molecule has 0 aromatic rings. The van der Waals surface area contributed by atoms with Crippen molar-refractivity contribution in [1.82, 2.24) is 16.0 Å². The average molecular weight is 259 g/mol. The summed E-state index contributed by atoms with van der Waals surface area (Å²) in [5.41, 5.74) is -0.832. The van der Waals surface area contributed by atoms with Crippen LogP contribution in [0.4, 0.5) is 4.79 Å². The molecule has 0 aliphatic heterocycles. The molecule has 0 unspecified atom stereocenters. The number of amides is 3. The maximum absolute atomic E-state index is 11.4. The minimum absolute atomic E-state index is 0.136. The SMILES string of the molecule is CCNC(=O)CCNC(=O)NC(C)(C)CC(=O)O. The van der Waals surface area contributed by atoms with E-state index in [1.165, 1.54) is 0 Å². The molecule has 0 aromatic heterocycles. The Balaban J connectivity index is 3.90. The second-order valence-electron chi connectivity index (χ2n) is 4.54. The molecule has 0 aromatic carbocycles. The quantitative estimate of drug-likeness (QED) is 0.518. The van der Waals surface area contributed by atoms with Gasteiger partial charge in [0.15, 0.2) is 0 Å². The van der Waals surface area contributed by atoms with Crippen molar-refractivity contribution in [2.24, 2.45) is 0 Å². The van der Waals surface area contributed by atoms with Gasteiger partial charge < -0.3 is 21.1 Å². The molecule has 7 nitrogen and oxygen atoms in total. The molecule has 0 aliphatic carbocycles. The largest absolute Gasteiger partial charge is 0.481 e. The van der Waals surface area contributed by atoms with Crippen LogP contribution >= 0.6 is 0 Å². The van der Waals surface area contributed by atoms with Gasteiger partial charge >= 0.3 is 12.0 Å². The van der Waals surface area contributed by atoms with E-state index in [1.54, 1.807) is 13.8 Å². The van der Waals surface area contributed by atoms with E-state index in [2.05, 4.69) is 16.0 Å². The van der Waals surface area contributed by atoms with E-state index >= 15 is 0 Å². The normalized spacial score (nSPS) is 10.6. The average Bonchev–Trinajstić information content (AvgIpc) is 2.14. The zero-order valence-electron chi connectivity index (χ0n) is 11.0. The number of carboxylic acid groups (broad SMARTS) is 1. The predicted octanol–water partition coefficient (Wildman–Crippen LogP) is 0.0651. The van der Waals surface area contributed by atoms with Crippen LogP contribution in [-0.4, -0.2) is 41.6 Å². The van der Waals surface area contributed by atoms with Gasteiger partial charge in [-0.25, -0.2) is 4.79 Å².